The summed E-state index contributed by atoms with van der Waals surface area (Å²) in [4.78, 5) is 25.8. The number of methoxy groups -OCH3 is 1. The number of fused-ring (bicyclic) bond motifs is 1. The number of halogens is 1. The minimum absolute atomic E-state index is 0.0331. The van der Waals surface area contributed by atoms with Crippen molar-refractivity contribution in [3.05, 3.63) is 35.9 Å². The third-order valence-corrected chi connectivity index (χ3v) is 5.48. The van der Waals surface area contributed by atoms with Crippen molar-refractivity contribution in [1.82, 2.24) is 5.32 Å². The summed E-state index contributed by atoms with van der Waals surface area (Å²) in [6.07, 6.45) is -6.98. The van der Waals surface area contributed by atoms with Gasteiger partial charge in [0.1, 0.15) is 29.3 Å². The molecule has 33 heavy (non-hydrogen) atoms. The molecule has 2 aliphatic heterocycles. The number of alkyl halides is 1. The van der Waals surface area contributed by atoms with Gasteiger partial charge in [-0.25, -0.2) is 9.18 Å². The number of nitrogens with one attached hydrogen (secondary N) is 1. The van der Waals surface area contributed by atoms with Gasteiger partial charge in [-0.3, -0.25) is 4.79 Å². The zero-order valence-corrected chi connectivity index (χ0v) is 19.5. The second-order valence-electron chi connectivity index (χ2n) is 8.93. The molecule has 184 valence electrons. The lowest BCUT2D eigenvalue weighted by molar-refractivity contribution is -0.355. The lowest BCUT2D eigenvalue weighted by Gasteiger charge is -2.52. The SMILES string of the molecule is CCOC(=O)[C@]1(CNC(=O)OC(C)(C)C)[C@H](OC)[C@@H](F)O[C@@H]2COC(c3ccccc3)O[C@H]21. The zero-order valence-electron chi connectivity index (χ0n) is 19.5. The molecule has 2 fully saturated rings. The monoisotopic (exact) mass is 469 g/mol. The third kappa shape index (κ3) is 5.46. The van der Waals surface area contributed by atoms with Crippen LogP contribution in [0.3, 0.4) is 0 Å². The highest BCUT2D eigenvalue weighted by Crippen LogP contribution is 2.46. The van der Waals surface area contributed by atoms with Crippen LogP contribution in [-0.4, -0.2) is 69.2 Å². The van der Waals surface area contributed by atoms with Gasteiger partial charge in [-0.05, 0) is 27.7 Å². The van der Waals surface area contributed by atoms with Crippen LogP contribution in [0.1, 0.15) is 39.5 Å². The molecule has 1 aromatic rings. The van der Waals surface area contributed by atoms with E-state index in [0.29, 0.717) is 5.56 Å². The summed E-state index contributed by atoms with van der Waals surface area (Å²) in [5.41, 5.74) is -1.82. The quantitative estimate of drug-likeness (QED) is 0.635. The smallest absolute Gasteiger partial charge is 0.407 e. The maximum absolute atomic E-state index is 15.1. The molecule has 2 aliphatic rings. The van der Waals surface area contributed by atoms with Gasteiger partial charge in [0.25, 0.3) is 0 Å². The molecule has 1 amide bonds. The van der Waals surface area contributed by atoms with Gasteiger partial charge in [-0.1, -0.05) is 30.3 Å². The predicted octanol–water partition coefficient (Wildman–Crippen LogP) is 2.88. The van der Waals surface area contributed by atoms with E-state index in [0.717, 1.165) is 0 Å². The van der Waals surface area contributed by atoms with Crippen molar-refractivity contribution in [3.63, 3.8) is 0 Å². The highest BCUT2D eigenvalue weighted by atomic mass is 19.1. The van der Waals surface area contributed by atoms with E-state index in [4.69, 9.17) is 28.4 Å². The number of esters is 1. The highest BCUT2D eigenvalue weighted by Gasteiger charge is 2.65. The summed E-state index contributed by atoms with van der Waals surface area (Å²) in [7, 11) is 1.26. The van der Waals surface area contributed by atoms with Crippen molar-refractivity contribution in [3.8, 4) is 0 Å². The molecule has 6 atom stereocenters. The molecule has 1 N–H and O–H groups in total. The van der Waals surface area contributed by atoms with Crippen LogP contribution in [-0.2, 0) is 33.2 Å². The molecule has 3 rings (SSSR count). The predicted molar refractivity (Wildman–Crippen MR) is 114 cm³/mol. The first-order valence-corrected chi connectivity index (χ1v) is 10.9. The van der Waals surface area contributed by atoms with E-state index in [2.05, 4.69) is 5.32 Å². The second-order valence-corrected chi connectivity index (χ2v) is 8.93. The number of ether oxygens (including phenoxy) is 6. The molecule has 1 unspecified atom stereocenters. The molecule has 2 heterocycles. The lowest BCUT2D eigenvalue weighted by atomic mass is 9.71. The summed E-state index contributed by atoms with van der Waals surface area (Å²) in [6.45, 7) is 6.41. The standard InChI is InChI=1S/C23H32FNO8/c1-6-29-20(26)23(13-25-21(27)33-22(2,3)4)16-15(31-18(24)17(23)28-5)12-30-19(32-16)14-10-8-7-9-11-14/h7-11,15-19H,6,12-13H2,1-5H3,(H,25,27)/t15-,16-,17-,18+,19?,23+/m1/s1. The summed E-state index contributed by atoms with van der Waals surface area (Å²) in [6, 6.07) is 9.12. The van der Waals surface area contributed by atoms with E-state index in [-0.39, 0.29) is 19.8 Å². The Hall–Kier alpha value is -2.27. The minimum atomic E-state index is -1.98. The number of carbonyl (C=O) groups excluding carboxylic acids is 2. The van der Waals surface area contributed by atoms with Crippen molar-refractivity contribution in [1.29, 1.82) is 0 Å². The molecular weight excluding hydrogens is 437 g/mol. The van der Waals surface area contributed by atoms with Crippen LogP contribution in [0.4, 0.5) is 9.18 Å². The van der Waals surface area contributed by atoms with Crippen molar-refractivity contribution in [2.24, 2.45) is 5.41 Å². The number of hydrogen-bond acceptors (Lipinski definition) is 8. The Morgan fingerprint density at radius 1 is 1.21 bits per heavy atom. The fourth-order valence-electron chi connectivity index (χ4n) is 4.13. The molecule has 0 saturated carbocycles. The maximum Gasteiger partial charge on any atom is 0.407 e. The average molecular weight is 470 g/mol. The van der Waals surface area contributed by atoms with Crippen LogP contribution >= 0.6 is 0 Å². The molecular formula is C23H32FNO8. The van der Waals surface area contributed by atoms with Gasteiger partial charge in [0.15, 0.2) is 6.29 Å². The molecule has 1 aromatic carbocycles. The largest absolute Gasteiger partial charge is 0.465 e. The minimum Gasteiger partial charge on any atom is -0.465 e. The Bertz CT molecular complexity index is 816. The van der Waals surface area contributed by atoms with Gasteiger partial charge in [-0.15, -0.1) is 0 Å². The van der Waals surface area contributed by atoms with Crippen molar-refractivity contribution < 1.29 is 42.4 Å². The third-order valence-electron chi connectivity index (χ3n) is 5.48. The number of benzene rings is 1. The van der Waals surface area contributed by atoms with Gasteiger partial charge in [0.05, 0.1) is 13.2 Å². The van der Waals surface area contributed by atoms with E-state index in [1.54, 1.807) is 27.7 Å². The van der Waals surface area contributed by atoms with Crippen LogP contribution in [0.15, 0.2) is 30.3 Å². The van der Waals surface area contributed by atoms with Gasteiger partial charge in [0, 0.05) is 19.2 Å². The number of alkyl carbamates (subject to hydrolysis) is 1. The van der Waals surface area contributed by atoms with E-state index in [1.165, 1.54) is 7.11 Å². The van der Waals surface area contributed by atoms with E-state index in [1.807, 2.05) is 30.3 Å². The Morgan fingerprint density at radius 3 is 2.52 bits per heavy atom. The topological polar surface area (TPSA) is 102 Å². The summed E-state index contributed by atoms with van der Waals surface area (Å²) < 4.78 is 48.6. The van der Waals surface area contributed by atoms with Crippen LogP contribution in [0.5, 0.6) is 0 Å². The molecule has 0 aliphatic carbocycles. The zero-order chi connectivity index (χ0) is 24.2. The summed E-state index contributed by atoms with van der Waals surface area (Å²) in [5.74, 6) is -0.775. The Kier molecular flexibility index (Phi) is 7.94. The van der Waals surface area contributed by atoms with E-state index < -0.39 is 54.0 Å². The fourth-order valence-corrected chi connectivity index (χ4v) is 4.13. The molecule has 0 spiro atoms. The van der Waals surface area contributed by atoms with Crippen molar-refractivity contribution >= 4 is 12.1 Å². The molecule has 0 aromatic heterocycles. The molecule has 0 bridgehead atoms. The lowest BCUT2D eigenvalue weighted by Crippen LogP contribution is -2.71. The van der Waals surface area contributed by atoms with Gasteiger partial charge in [0.2, 0.25) is 6.36 Å². The molecule has 10 heteroatoms. The van der Waals surface area contributed by atoms with Crippen LogP contribution in [0.25, 0.3) is 0 Å². The van der Waals surface area contributed by atoms with Crippen molar-refractivity contribution in [2.45, 2.75) is 64.3 Å². The summed E-state index contributed by atoms with van der Waals surface area (Å²) in [5, 5.41) is 2.58. The van der Waals surface area contributed by atoms with Crippen molar-refractivity contribution in [2.75, 3.05) is 26.9 Å². The first kappa shape index (κ1) is 25.4. The first-order valence-electron chi connectivity index (χ1n) is 10.9. The van der Waals surface area contributed by atoms with E-state index in [9.17, 15) is 9.59 Å². The normalized spacial score (nSPS) is 31.9. The maximum atomic E-state index is 15.1. The average Bonchev–Trinajstić information content (AvgIpc) is 2.76. The molecule has 9 nitrogen and oxygen atoms in total. The van der Waals surface area contributed by atoms with Crippen LogP contribution < -0.4 is 5.32 Å². The highest BCUT2D eigenvalue weighted by molar-refractivity contribution is 5.80. The Balaban J connectivity index is 1.98. The number of amides is 1. The van der Waals surface area contributed by atoms with E-state index >= 15 is 4.39 Å². The number of carbonyl (C=O) groups is 2. The molecule has 2 saturated heterocycles. The Morgan fingerprint density at radius 2 is 1.91 bits per heavy atom. The first-order chi connectivity index (χ1) is 15.6. The fraction of sp³-hybridized carbons (Fsp3) is 0.652. The second kappa shape index (κ2) is 10.3. The van der Waals surface area contributed by atoms with Crippen LogP contribution in [0, 0.1) is 5.41 Å². The summed E-state index contributed by atoms with van der Waals surface area (Å²) >= 11 is 0. The van der Waals surface area contributed by atoms with Gasteiger partial charge >= 0.3 is 12.1 Å². The van der Waals surface area contributed by atoms with Gasteiger partial charge < -0.3 is 33.7 Å². The van der Waals surface area contributed by atoms with Crippen LogP contribution in [0.2, 0.25) is 0 Å². The van der Waals surface area contributed by atoms with Gasteiger partial charge in [-0.2, -0.15) is 0 Å². The Labute approximate surface area is 192 Å². The molecule has 0 radical (unpaired) electrons. The number of rotatable bonds is 6. The number of hydrogen-bond donors (Lipinski definition) is 1.